The van der Waals surface area contributed by atoms with Crippen molar-refractivity contribution in [1.29, 1.82) is 0 Å². The van der Waals surface area contributed by atoms with E-state index in [1.54, 1.807) is 0 Å². The van der Waals surface area contributed by atoms with Gasteiger partial charge in [-0.1, -0.05) is 0 Å². The van der Waals surface area contributed by atoms with Crippen molar-refractivity contribution < 1.29 is 45.2 Å². The Morgan fingerprint density at radius 2 is 1.60 bits per heavy atom. The summed E-state index contributed by atoms with van der Waals surface area (Å²) in [6, 6.07) is -0.715. The Hall–Kier alpha value is -0.670. The summed E-state index contributed by atoms with van der Waals surface area (Å²) in [5.74, 6) is 0. The maximum Gasteiger partial charge on any atom is 0.173 e. The monoisotopic (exact) mass is 382 g/mol. The summed E-state index contributed by atoms with van der Waals surface area (Å²) < 4.78 is 10.7. The highest BCUT2D eigenvalue weighted by molar-refractivity contribution is 7.80. The Morgan fingerprint density at radius 1 is 0.960 bits per heavy atom. The van der Waals surface area contributed by atoms with E-state index in [1.165, 1.54) is 4.90 Å². The fourth-order valence-electron chi connectivity index (χ4n) is 3.35. The highest BCUT2D eigenvalue weighted by Gasteiger charge is 2.54. The highest BCUT2D eigenvalue weighted by atomic mass is 32.1. The quantitative estimate of drug-likeness (QED) is 0.213. The second kappa shape index (κ2) is 7.15. The molecule has 3 heterocycles. The van der Waals surface area contributed by atoms with Crippen LogP contribution in [-0.4, -0.2) is 120 Å². The summed E-state index contributed by atoms with van der Waals surface area (Å²) in [6.07, 6.45) is -12.0. The lowest BCUT2D eigenvalue weighted by molar-refractivity contribution is -0.233. The highest BCUT2D eigenvalue weighted by Crippen LogP contribution is 2.32. The molecular formula is C13H22N2O9S. The van der Waals surface area contributed by atoms with Gasteiger partial charge in [0.05, 0.1) is 19.3 Å². The van der Waals surface area contributed by atoms with Crippen molar-refractivity contribution in [3.05, 3.63) is 0 Å². The predicted molar refractivity (Wildman–Crippen MR) is 82.9 cm³/mol. The van der Waals surface area contributed by atoms with Crippen LogP contribution in [0.1, 0.15) is 0 Å². The Bertz CT molecular complexity index is 494. The Balaban J connectivity index is 1.72. The molecular weight excluding hydrogens is 360 g/mol. The molecule has 3 saturated heterocycles. The van der Waals surface area contributed by atoms with Crippen LogP contribution in [0.25, 0.3) is 0 Å². The Kier molecular flexibility index (Phi) is 5.46. The van der Waals surface area contributed by atoms with Crippen molar-refractivity contribution in [2.45, 2.75) is 61.2 Å². The van der Waals surface area contributed by atoms with Crippen LogP contribution >= 0.6 is 12.2 Å². The number of piperidine rings is 1. The third-order valence-corrected chi connectivity index (χ3v) is 5.18. The molecule has 11 nitrogen and oxygen atoms in total. The predicted octanol–water partition coefficient (Wildman–Crippen LogP) is -5.22. The maximum absolute atomic E-state index is 10.1. The molecule has 0 radical (unpaired) electrons. The van der Waals surface area contributed by atoms with Gasteiger partial charge >= 0.3 is 0 Å². The minimum Gasteiger partial charge on any atom is -0.394 e. The normalized spacial score (nSPS) is 50.0. The fraction of sp³-hybridized carbons (Fsp3) is 0.923. The largest absolute Gasteiger partial charge is 0.394 e. The topological polar surface area (TPSA) is 175 Å². The second-order valence-corrected chi connectivity index (χ2v) is 6.76. The van der Waals surface area contributed by atoms with Gasteiger partial charge in [-0.15, -0.1) is 0 Å². The van der Waals surface area contributed by atoms with E-state index < -0.39 is 67.8 Å². The third-order valence-electron chi connectivity index (χ3n) is 4.85. The fourth-order valence-corrected chi connectivity index (χ4v) is 3.71. The first kappa shape index (κ1) is 19.1. The number of aliphatic hydroxyl groups is 7. The van der Waals surface area contributed by atoms with Gasteiger partial charge in [-0.2, -0.15) is 0 Å². The van der Waals surface area contributed by atoms with Gasteiger partial charge in [-0.25, -0.2) is 0 Å². The summed E-state index contributed by atoms with van der Waals surface area (Å²) in [7, 11) is 0. The van der Waals surface area contributed by atoms with Crippen molar-refractivity contribution in [3.63, 3.8) is 0 Å². The van der Waals surface area contributed by atoms with E-state index in [4.69, 9.17) is 21.7 Å². The molecule has 0 aromatic heterocycles. The maximum atomic E-state index is 10.1. The summed E-state index contributed by atoms with van der Waals surface area (Å²) in [4.78, 5) is 1.35. The average molecular weight is 382 g/mol. The smallest absolute Gasteiger partial charge is 0.173 e. The van der Waals surface area contributed by atoms with Crippen LogP contribution in [-0.2, 0) is 9.47 Å². The molecule has 0 unspecified atom stereocenters. The lowest BCUT2D eigenvalue weighted by Gasteiger charge is -2.45. The molecule has 2 bridgehead atoms. The number of aliphatic hydroxyl groups excluding tert-OH is 7. The van der Waals surface area contributed by atoms with Crippen LogP contribution in [0.2, 0.25) is 0 Å². The molecule has 3 aliphatic heterocycles. The molecule has 0 aromatic carbocycles. The van der Waals surface area contributed by atoms with Gasteiger partial charge in [0.15, 0.2) is 17.6 Å². The first-order chi connectivity index (χ1) is 11.8. The molecule has 0 amide bonds. The molecule has 3 aliphatic rings. The standard InChI is InChI=1S/C13H22N2O9S/c16-1-4-6(18)8(20)9(21)11(24-4)14-13(25)15-3-2-23-12(15)10(22)7(19)5(3)17/h3-12,16-22H,1-2H2,(H,14,25)/t3-,4+,5+,6+,7-,8-,9+,10+,11+,12+/m0/s1. The number of nitrogens with one attached hydrogen (secondary N) is 1. The molecule has 0 aromatic rings. The summed E-state index contributed by atoms with van der Waals surface area (Å²) >= 11 is 5.22. The third kappa shape index (κ3) is 3.12. The van der Waals surface area contributed by atoms with Crippen LogP contribution in [0, 0.1) is 0 Å². The summed E-state index contributed by atoms with van der Waals surface area (Å²) in [5.41, 5.74) is 0. The SMILES string of the molecule is OC[C@H]1O[C@@H](NC(=S)N2[C@@H]3OC[C@H]2[C@@H](O)[C@H](O)[C@H]3O)[C@H](O)[C@@H](O)[C@@H]1O. The molecule has 3 rings (SSSR count). The van der Waals surface area contributed by atoms with E-state index in [9.17, 15) is 35.7 Å². The minimum atomic E-state index is -1.57. The van der Waals surface area contributed by atoms with E-state index in [1.807, 2.05) is 0 Å². The number of fused-ring (bicyclic) bond motifs is 2. The van der Waals surface area contributed by atoms with Crippen LogP contribution in [0.3, 0.4) is 0 Å². The van der Waals surface area contributed by atoms with Gasteiger partial charge in [-0.05, 0) is 12.2 Å². The minimum absolute atomic E-state index is 0.0243. The average Bonchev–Trinajstić information content (AvgIpc) is 3.00. The van der Waals surface area contributed by atoms with Crippen LogP contribution < -0.4 is 5.32 Å². The van der Waals surface area contributed by atoms with E-state index in [2.05, 4.69) is 5.32 Å². The van der Waals surface area contributed by atoms with E-state index in [-0.39, 0.29) is 11.7 Å². The number of rotatable bonds is 2. The zero-order valence-corrected chi connectivity index (χ0v) is 13.8. The van der Waals surface area contributed by atoms with Crippen molar-refractivity contribution in [2.75, 3.05) is 13.2 Å². The van der Waals surface area contributed by atoms with E-state index >= 15 is 0 Å². The molecule has 0 saturated carbocycles. The van der Waals surface area contributed by atoms with Crippen LogP contribution in [0.5, 0.6) is 0 Å². The number of hydrogen-bond acceptors (Lipinski definition) is 10. The summed E-state index contributed by atoms with van der Waals surface area (Å²) in [5, 5.41) is 71.3. The summed E-state index contributed by atoms with van der Waals surface area (Å²) in [6.45, 7) is -0.561. The number of nitrogens with zero attached hydrogens (tertiary/aromatic N) is 1. The number of thiocarbonyl (C=S) groups is 1. The van der Waals surface area contributed by atoms with Gasteiger partial charge in [0.25, 0.3) is 0 Å². The molecule has 144 valence electrons. The molecule has 25 heavy (non-hydrogen) atoms. The second-order valence-electron chi connectivity index (χ2n) is 6.37. The number of ether oxygens (including phenoxy) is 2. The molecule has 12 heteroatoms. The van der Waals surface area contributed by atoms with Gasteiger partial charge in [0, 0.05) is 0 Å². The van der Waals surface area contributed by atoms with Crippen molar-refractivity contribution >= 4 is 17.3 Å². The van der Waals surface area contributed by atoms with Crippen molar-refractivity contribution in [2.24, 2.45) is 0 Å². The lowest BCUT2D eigenvalue weighted by Crippen LogP contribution is -2.68. The first-order valence-electron chi connectivity index (χ1n) is 7.83. The molecule has 8 N–H and O–H groups in total. The Morgan fingerprint density at radius 3 is 2.24 bits per heavy atom. The van der Waals surface area contributed by atoms with Gasteiger partial charge in [0.1, 0.15) is 42.7 Å². The van der Waals surface area contributed by atoms with Crippen LogP contribution in [0.15, 0.2) is 0 Å². The van der Waals surface area contributed by atoms with Crippen molar-refractivity contribution in [1.82, 2.24) is 10.2 Å². The zero-order chi connectivity index (χ0) is 18.5. The van der Waals surface area contributed by atoms with Crippen LogP contribution in [0.4, 0.5) is 0 Å². The molecule has 0 aliphatic carbocycles. The first-order valence-corrected chi connectivity index (χ1v) is 8.24. The van der Waals surface area contributed by atoms with Gasteiger partial charge < -0.3 is 55.4 Å². The number of hydrogen-bond donors (Lipinski definition) is 8. The Labute approximate surface area is 148 Å². The van der Waals surface area contributed by atoms with Gasteiger partial charge in [0.2, 0.25) is 0 Å². The van der Waals surface area contributed by atoms with E-state index in [0.717, 1.165) is 0 Å². The van der Waals surface area contributed by atoms with Gasteiger partial charge in [-0.3, -0.25) is 0 Å². The molecule has 10 atom stereocenters. The zero-order valence-electron chi connectivity index (χ0n) is 13.0. The lowest BCUT2D eigenvalue weighted by atomic mass is 9.95. The molecule has 0 spiro atoms. The van der Waals surface area contributed by atoms with E-state index in [0.29, 0.717) is 0 Å². The van der Waals surface area contributed by atoms with Crippen molar-refractivity contribution in [3.8, 4) is 0 Å². The molecule has 3 fully saturated rings.